The molecule has 16 heteroatoms. The van der Waals surface area contributed by atoms with Crippen LogP contribution < -0.4 is 10.6 Å². The first-order valence-electron chi connectivity index (χ1n) is 19.2. The lowest BCUT2D eigenvalue weighted by atomic mass is 9.88. The molecule has 2 saturated heterocycles. The van der Waals surface area contributed by atoms with E-state index in [1.165, 1.54) is 0 Å². The lowest BCUT2D eigenvalue weighted by molar-refractivity contribution is -0.162. The fraction of sp³-hybridized carbons (Fsp3) is 0.463. The number of hydrogen-bond donors (Lipinski definition) is 2. The van der Waals surface area contributed by atoms with Crippen LogP contribution >= 0.6 is 11.6 Å². The van der Waals surface area contributed by atoms with Crippen molar-refractivity contribution in [3.05, 3.63) is 99.3 Å². The first kappa shape index (κ1) is 40.0. The smallest absolute Gasteiger partial charge is 0.410 e. The molecule has 1 spiro atoms. The molecule has 2 aromatic carbocycles. The van der Waals surface area contributed by atoms with E-state index in [2.05, 4.69) is 25.6 Å². The summed E-state index contributed by atoms with van der Waals surface area (Å²) in [5.74, 6) is -0.404. The van der Waals surface area contributed by atoms with Gasteiger partial charge in [-0.2, -0.15) is 5.10 Å². The number of halogens is 1. The molecule has 0 radical (unpaired) electrons. The largest absolute Gasteiger partial charge is 0.444 e. The summed E-state index contributed by atoms with van der Waals surface area (Å²) in [5.41, 5.74) is 4.09. The Labute approximate surface area is 337 Å². The number of nitrogens with one attached hydrogen (secondary N) is 2. The molecule has 4 amide bonds. The number of ether oxygens (including phenoxy) is 2. The molecule has 2 fully saturated rings. The molecule has 0 bridgehead atoms. The number of amides is 4. The molecule has 0 saturated carbocycles. The van der Waals surface area contributed by atoms with Crippen LogP contribution in [0.15, 0.2) is 54.7 Å². The van der Waals surface area contributed by atoms with E-state index in [-0.39, 0.29) is 47.4 Å². The van der Waals surface area contributed by atoms with E-state index < -0.39 is 11.1 Å². The van der Waals surface area contributed by atoms with Gasteiger partial charge in [-0.15, -0.1) is 0 Å². The number of aromatic nitrogens is 4. The Hall–Kier alpha value is -5.25. The zero-order chi connectivity index (χ0) is 40.6. The molecule has 0 unspecified atom stereocenters. The molecule has 3 aliphatic heterocycles. The predicted octanol–water partition coefficient (Wildman–Crippen LogP) is 5.24. The minimum atomic E-state index is -0.546. The SMILES string of the molecule is Cc1c(C(=O)Nc2ccc(CNC(=O)c3nc(Cl)c4n3CCN(Cc3ccc(C(=O)N(C)C)cc3)C43COC3)cc2)cnn1C1CCN(C(=O)OC(C)(C)C)CC1. The Morgan fingerprint density at radius 3 is 2.23 bits per heavy atom. The summed E-state index contributed by atoms with van der Waals surface area (Å²) in [6, 6.07) is 15.0. The normalized spacial score (nSPS) is 16.8. The molecule has 4 aromatic rings. The second kappa shape index (κ2) is 15.9. The topological polar surface area (TPSA) is 156 Å². The molecular formula is C41H50ClN9O6. The summed E-state index contributed by atoms with van der Waals surface area (Å²) in [7, 11) is 3.46. The fourth-order valence-corrected chi connectivity index (χ4v) is 8.08. The van der Waals surface area contributed by atoms with Crippen molar-refractivity contribution in [3.8, 4) is 0 Å². The van der Waals surface area contributed by atoms with Crippen molar-refractivity contribution in [2.24, 2.45) is 0 Å². The Balaban J connectivity index is 0.933. The molecule has 0 aliphatic carbocycles. The maximum Gasteiger partial charge on any atom is 0.410 e. The maximum atomic E-state index is 13.5. The number of likely N-dealkylation sites (tertiary alicyclic amines) is 1. The van der Waals surface area contributed by atoms with Crippen molar-refractivity contribution >= 4 is 41.1 Å². The van der Waals surface area contributed by atoms with E-state index in [1.54, 1.807) is 42.2 Å². The highest BCUT2D eigenvalue weighted by atomic mass is 35.5. The number of piperidine rings is 1. The summed E-state index contributed by atoms with van der Waals surface area (Å²) in [6.07, 6.45) is 2.70. The van der Waals surface area contributed by atoms with Crippen molar-refractivity contribution in [1.82, 2.24) is 39.3 Å². The predicted molar refractivity (Wildman–Crippen MR) is 213 cm³/mol. The molecule has 57 heavy (non-hydrogen) atoms. The number of anilines is 1. The monoisotopic (exact) mass is 799 g/mol. The van der Waals surface area contributed by atoms with Gasteiger partial charge in [0.25, 0.3) is 17.7 Å². The highest BCUT2D eigenvalue weighted by Crippen LogP contribution is 2.43. The minimum Gasteiger partial charge on any atom is -0.444 e. The molecule has 3 aliphatic rings. The molecule has 7 rings (SSSR count). The highest BCUT2D eigenvalue weighted by Gasteiger charge is 2.52. The summed E-state index contributed by atoms with van der Waals surface area (Å²) in [5, 5.41) is 10.8. The van der Waals surface area contributed by atoms with Gasteiger partial charge in [-0.3, -0.25) is 24.0 Å². The Morgan fingerprint density at radius 2 is 1.61 bits per heavy atom. The first-order chi connectivity index (χ1) is 27.1. The van der Waals surface area contributed by atoms with Gasteiger partial charge in [-0.05, 0) is 75.9 Å². The number of imidazole rings is 1. The van der Waals surface area contributed by atoms with Crippen LogP contribution in [0.5, 0.6) is 0 Å². The summed E-state index contributed by atoms with van der Waals surface area (Å²) < 4.78 is 15.0. The molecule has 5 heterocycles. The number of fused-ring (bicyclic) bond motifs is 2. The Kier molecular flexibility index (Phi) is 11.2. The quantitative estimate of drug-likeness (QED) is 0.231. The Morgan fingerprint density at radius 1 is 0.947 bits per heavy atom. The molecule has 302 valence electrons. The molecule has 0 atom stereocenters. The Bertz CT molecular complexity index is 2140. The lowest BCUT2D eigenvalue weighted by Gasteiger charge is -2.52. The first-order valence-corrected chi connectivity index (χ1v) is 19.6. The number of benzene rings is 2. The van der Waals surface area contributed by atoms with Crippen molar-refractivity contribution in [3.63, 3.8) is 0 Å². The van der Waals surface area contributed by atoms with Crippen LogP contribution in [0.3, 0.4) is 0 Å². The minimum absolute atomic E-state index is 0.0470. The van der Waals surface area contributed by atoms with Gasteiger partial charge in [0.1, 0.15) is 11.1 Å². The van der Waals surface area contributed by atoms with Crippen molar-refractivity contribution in [1.29, 1.82) is 0 Å². The van der Waals surface area contributed by atoms with E-state index in [4.69, 9.17) is 21.1 Å². The molecule has 2 aromatic heterocycles. The third-order valence-electron chi connectivity index (χ3n) is 10.8. The van der Waals surface area contributed by atoms with Gasteiger partial charge in [-0.25, -0.2) is 9.78 Å². The number of hydrogen-bond acceptors (Lipinski definition) is 9. The molecule has 15 nitrogen and oxygen atoms in total. The third kappa shape index (κ3) is 8.27. The number of nitrogens with zero attached hydrogens (tertiary/aromatic N) is 7. The van der Waals surface area contributed by atoms with Gasteiger partial charge < -0.3 is 34.5 Å². The van der Waals surface area contributed by atoms with Crippen molar-refractivity contribution in [2.45, 2.75) is 77.4 Å². The zero-order valence-electron chi connectivity index (χ0n) is 33.3. The van der Waals surface area contributed by atoms with Crippen LogP contribution in [0, 0.1) is 6.92 Å². The summed E-state index contributed by atoms with van der Waals surface area (Å²) in [4.78, 5) is 61.8. The maximum absolute atomic E-state index is 13.5. The van der Waals surface area contributed by atoms with E-state index in [9.17, 15) is 19.2 Å². The standard InChI is InChI=1S/C41H50ClN9O6/c1-26-32(22-44-51(26)31-15-17-48(18-16-31)39(55)57-40(2,3)4)36(52)45-30-13-9-27(10-14-30)21-43-37(53)35-46-34(42)33-41(24-56-25-41)49(19-20-50(33)35)23-28-7-11-29(12-8-28)38(54)47(5)6/h7-14,22,31H,15-21,23-25H2,1-6H3,(H,43,53)(H,45,52). The van der Waals surface area contributed by atoms with E-state index in [1.807, 2.05) is 73.3 Å². The second-order valence-electron chi connectivity index (χ2n) is 16.2. The van der Waals surface area contributed by atoms with Crippen molar-refractivity contribution < 1.29 is 28.7 Å². The molecular weight excluding hydrogens is 750 g/mol. The van der Waals surface area contributed by atoms with Crippen LogP contribution in [0.2, 0.25) is 5.15 Å². The van der Waals surface area contributed by atoms with Crippen LogP contribution in [0.25, 0.3) is 0 Å². The van der Waals surface area contributed by atoms with Gasteiger partial charge >= 0.3 is 6.09 Å². The summed E-state index contributed by atoms with van der Waals surface area (Å²) in [6.45, 7) is 11.5. The van der Waals surface area contributed by atoms with E-state index >= 15 is 0 Å². The van der Waals surface area contributed by atoms with Crippen LogP contribution in [-0.4, -0.2) is 110 Å². The van der Waals surface area contributed by atoms with Gasteiger partial charge in [0.05, 0.1) is 36.7 Å². The van der Waals surface area contributed by atoms with Gasteiger partial charge in [-0.1, -0.05) is 35.9 Å². The fourth-order valence-electron chi connectivity index (χ4n) is 7.72. The number of carbonyl (C=O) groups excluding carboxylic acids is 4. The lowest BCUT2D eigenvalue weighted by Crippen LogP contribution is -2.63. The van der Waals surface area contributed by atoms with Crippen molar-refractivity contribution in [2.75, 3.05) is 52.3 Å². The van der Waals surface area contributed by atoms with Crippen LogP contribution in [-0.2, 0) is 34.6 Å². The van der Waals surface area contributed by atoms with E-state index in [0.29, 0.717) is 75.6 Å². The average Bonchev–Trinajstić information content (AvgIpc) is 3.72. The summed E-state index contributed by atoms with van der Waals surface area (Å²) >= 11 is 6.77. The molecule has 2 N–H and O–H groups in total. The van der Waals surface area contributed by atoms with E-state index in [0.717, 1.165) is 22.5 Å². The van der Waals surface area contributed by atoms with Gasteiger partial charge in [0, 0.05) is 70.3 Å². The number of carbonyl (C=O) groups is 4. The third-order valence-corrected chi connectivity index (χ3v) is 11.1. The van der Waals surface area contributed by atoms with Gasteiger partial charge in [0.2, 0.25) is 5.82 Å². The van der Waals surface area contributed by atoms with Crippen LogP contribution in [0.4, 0.5) is 10.5 Å². The van der Waals surface area contributed by atoms with Gasteiger partial charge in [0.15, 0.2) is 5.15 Å². The highest BCUT2D eigenvalue weighted by molar-refractivity contribution is 6.30. The van der Waals surface area contributed by atoms with Crippen LogP contribution in [0.1, 0.15) is 93.5 Å². The number of rotatable bonds is 9. The average molecular weight is 800 g/mol. The zero-order valence-corrected chi connectivity index (χ0v) is 34.1. The second-order valence-corrected chi connectivity index (χ2v) is 16.5.